The number of rotatable bonds is 4. The Morgan fingerprint density at radius 2 is 2.47 bits per heavy atom. The Labute approximate surface area is 108 Å². The van der Waals surface area contributed by atoms with Gasteiger partial charge in [0.05, 0.1) is 0 Å². The number of anilines is 1. The summed E-state index contributed by atoms with van der Waals surface area (Å²) in [6, 6.07) is 2.31. The van der Waals surface area contributed by atoms with E-state index in [-0.39, 0.29) is 18.5 Å². The maximum absolute atomic E-state index is 5.72. The molecule has 0 unspecified atom stereocenters. The van der Waals surface area contributed by atoms with Crippen LogP contribution in [0, 0.1) is 0 Å². The summed E-state index contributed by atoms with van der Waals surface area (Å²) in [5.74, 6) is 0.816. The maximum Gasteiger partial charge on any atom is 0.318 e. The molecule has 2 N–H and O–H groups in total. The van der Waals surface area contributed by atoms with E-state index in [0.29, 0.717) is 6.01 Å². The van der Waals surface area contributed by atoms with E-state index in [0.717, 1.165) is 38.3 Å². The van der Waals surface area contributed by atoms with Gasteiger partial charge in [-0.2, -0.15) is 4.98 Å². The highest BCUT2D eigenvalue weighted by molar-refractivity contribution is 5.85. The van der Waals surface area contributed by atoms with Crippen molar-refractivity contribution in [1.82, 2.24) is 15.3 Å². The monoisotopic (exact) mass is 258 g/mol. The molecular formula is C11H19ClN4O. The van der Waals surface area contributed by atoms with Crippen molar-refractivity contribution in [1.29, 1.82) is 0 Å². The van der Waals surface area contributed by atoms with Crippen molar-refractivity contribution in [2.45, 2.75) is 25.9 Å². The highest BCUT2D eigenvalue weighted by Gasteiger charge is 2.15. The fraction of sp³-hybridized carbons (Fsp3) is 0.636. The van der Waals surface area contributed by atoms with Crippen LogP contribution in [-0.2, 0) is 0 Å². The lowest BCUT2D eigenvalue weighted by atomic mass is 10.1. The first-order valence-corrected chi connectivity index (χ1v) is 5.83. The average molecular weight is 259 g/mol. The van der Waals surface area contributed by atoms with E-state index in [1.807, 2.05) is 13.0 Å². The van der Waals surface area contributed by atoms with Gasteiger partial charge in [0, 0.05) is 19.3 Å². The Hall–Kier alpha value is -1.07. The summed E-state index contributed by atoms with van der Waals surface area (Å²) in [5.41, 5.74) is 0. The van der Waals surface area contributed by atoms with Crippen LogP contribution in [0.1, 0.15) is 19.8 Å². The third kappa shape index (κ3) is 4.36. The second kappa shape index (κ2) is 7.29. The molecular weight excluding hydrogens is 240 g/mol. The van der Waals surface area contributed by atoms with Gasteiger partial charge in [-0.15, -0.1) is 12.4 Å². The van der Waals surface area contributed by atoms with Crippen molar-refractivity contribution in [3.63, 3.8) is 0 Å². The normalized spacial score (nSPS) is 19.2. The molecule has 2 heterocycles. The Kier molecular flexibility index (Phi) is 6.00. The maximum atomic E-state index is 5.72. The lowest BCUT2D eigenvalue weighted by Crippen LogP contribution is -2.37. The Morgan fingerprint density at radius 1 is 1.59 bits per heavy atom. The average Bonchev–Trinajstić information content (AvgIpc) is 2.31. The zero-order chi connectivity index (χ0) is 11.2. The van der Waals surface area contributed by atoms with Crippen molar-refractivity contribution in [3.05, 3.63) is 12.3 Å². The van der Waals surface area contributed by atoms with E-state index in [9.17, 15) is 0 Å². The molecule has 0 saturated carbocycles. The predicted octanol–water partition coefficient (Wildman–Crippen LogP) is 1.46. The third-order valence-electron chi connectivity index (χ3n) is 2.52. The molecule has 0 amide bonds. The molecule has 1 atom stereocenters. The highest BCUT2D eigenvalue weighted by Crippen LogP contribution is 2.12. The molecule has 1 aliphatic heterocycles. The van der Waals surface area contributed by atoms with Crippen LogP contribution < -0.4 is 15.4 Å². The molecule has 17 heavy (non-hydrogen) atoms. The van der Waals surface area contributed by atoms with Crippen molar-refractivity contribution in [2.24, 2.45) is 0 Å². The minimum absolute atomic E-state index is 0. The summed E-state index contributed by atoms with van der Waals surface area (Å²) >= 11 is 0. The van der Waals surface area contributed by atoms with Crippen LogP contribution in [0.15, 0.2) is 12.3 Å². The summed E-state index contributed by atoms with van der Waals surface area (Å²) in [6.07, 6.45) is 4.14. The van der Waals surface area contributed by atoms with Gasteiger partial charge in [0.1, 0.15) is 11.9 Å². The van der Waals surface area contributed by atoms with Gasteiger partial charge in [-0.3, -0.25) is 0 Å². The predicted molar refractivity (Wildman–Crippen MR) is 70.0 cm³/mol. The minimum atomic E-state index is 0. The van der Waals surface area contributed by atoms with E-state index >= 15 is 0 Å². The van der Waals surface area contributed by atoms with E-state index in [2.05, 4.69) is 20.6 Å². The van der Waals surface area contributed by atoms with Gasteiger partial charge < -0.3 is 15.4 Å². The molecule has 0 spiro atoms. The summed E-state index contributed by atoms with van der Waals surface area (Å²) in [5, 5.41) is 6.44. The van der Waals surface area contributed by atoms with E-state index in [1.54, 1.807) is 6.20 Å². The molecule has 1 aromatic rings. The Bertz CT molecular complexity index is 331. The first-order valence-electron chi connectivity index (χ1n) is 5.83. The van der Waals surface area contributed by atoms with Gasteiger partial charge in [-0.25, -0.2) is 4.98 Å². The van der Waals surface area contributed by atoms with Crippen LogP contribution in [0.2, 0.25) is 0 Å². The molecule has 1 saturated heterocycles. The lowest BCUT2D eigenvalue weighted by Gasteiger charge is -2.22. The highest BCUT2D eigenvalue weighted by atomic mass is 35.5. The standard InChI is InChI=1S/C11H18N4O.ClH/c1-2-13-10-5-7-14-11(15-10)16-9-4-3-6-12-8-9;/h5,7,9,12H,2-4,6,8H2,1H3,(H,13,14,15);1H/t9-;/m0./s1. The fourth-order valence-corrected chi connectivity index (χ4v) is 1.75. The van der Waals surface area contributed by atoms with Crippen molar-refractivity contribution in [3.8, 4) is 6.01 Å². The molecule has 1 aromatic heterocycles. The molecule has 96 valence electrons. The van der Waals surface area contributed by atoms with Crippen LogP contribution in [-0.4, -0.2) is 35.7 Å². The number of hydrogen-bond donors (Lipinski definition) is 2. The number of hydrogen-bond acceptors (Lipinski definition) is 5. The minimum Gasteiger partial charge on any atom is -0.459 e. The number of piperidine rings is 1. The molecule has 0 radical (unpaired) electrons. The number of aromatic nitrogens is 2. The quantitative estimate of drug-likeness (QED) is 0.856. The fourth-order valence-electron chi connectivity index (χ4n) is 1.75. The van der Waals surface area contributed by atoms with Crippen molar-refractivity contribution < 1.29 is 4.74 Å². The van der Waals surface area contributed by atoms with Crippen LogP contribution >= 0.6 is 12.4 Å². The second-order valence-corrected chi connectivity index (χ2v) is 3.84. The largest absolute Gasteiger partial charge is 0.459 e. The molecule has 0 aromatic carbocycles. The van der Waals surface area contributed by atoms with Gasteiger partial charge in [0.15, 0.2) is 0 Å². The lowest BCUT2D eigenvalue weighted by molar-refractivity contribution is 0.153. The van der Waals surface area contributed by atoms with Gasteiger partial charge in [0.2, 0.25) is 0 Å². The molecule has 0 bridgehead atoms. The molecule has 5 nitrogen and oxygen atoms in total. The number of nitrogens with zero attached hydrogens (tertiary/aromatic N) is 2. The zero-order valence-electron chi connectivity index (χ0n) is 9.98. The summed E-state index contributed by atoms with van der Waals surface area (Å²) in [7, 11) is 0. The van der Waals surface area contributed by atoms with E-state index in [4.69, 9.17) is 4.74 Å². The van der Waals surface area contributed by atoms with Gasteiger partial charge in [-0.05, 0) is 32.4 Å². The van der Waals surface area contributed by atoms with Crippen molar-refractivity contribution >= 4 is 18.2 Å². The van der Waals surface area contributed by atoms with Gasteiger partial charge >= 0.3 is 6.01 Å². The van der Waals surface area contributed by atoms with Crippen LogP contribution in [0.5, 0.6) is 6.01 Å². The topological polar surface area (TPSA) is 59.1 Å². The molecule has 6 heteroatoms. The van der Waals surface area contributed by atoms with Gasteiger partial charge in [0.25, 0.3) is 0 Å². The van der Waals surface area contributed by atoms with E-state index in [1.165, 1.54) is 0 Å². The van der Waals surface area contributed by atoms with Crippen LogP contribution in [0.3, 0.4) is 0 Å². The number of nitrogens with one attached hydrogen (secondary N) is 2. The first-order chi connectivity index (χ1) is 7.88. The molecule has 2 rings (SSSR count). The zero-order valence-corrected chi connectivity index (χ0v) is 10.8. The second-order valence-electron chi connectivity index (χ2n) is 3.84. The number of ether oxygens (including phenoxy) is 1. The summed E-state index contributed by atoms with van der Waals surface area (Å²) < 4.78 is 5.72. The number of halogens is 1. The van der Waals surface area contributed by atoms with Crippen LogP contribution in [0.25, 0.3) is 0 Å². The Morgan fingerprint density at radius 3 is 3.18 bits per heavy atom. The van der Waals surface area contributed by atoms with Gasteiger partial charge in [-0.1, -0.05) is 0 Å². The molecule has 1 aliphatic rings. The Balaban J connectivity index is 0.00000144. The smallest absolute Gasteiger partial charge is 0.318 e. The SMILES string of the molecule is CCNc1ccnc(O[C@H]2CCCNC2)n1.Cl. The van der Waals surface area contributed by atoms with Crippen molar-refractivity contribution in [2.75, 3.05) is 25.0 Å². The third-order valence-corrected chi connectivity index (χ3v) is 2.52. The summed E-state index contributed by atoms with van der Waals surface area (Å²) in [6.45, 7) is 4.85. The molecule has 1 fully saturated rings. The first kappa shape index (κ1) is 14.0. The van der Waals surface area contributed by atoms with Crippen LogP contribution in [0.4, 0.5) is 5.82 Å². The van der Waals surface area contributed by atoms with E-state index < -0.39 is 0 Å². The molecule has 0 aliphatic carbocycles. The summed E-state index contributed by atoms with van der Waals surface area (Å²) in [4.78, 5) is 8.40.